The summed E-state index contributed by atoms with van der Waals surface area (Å²) in [6.07, 6.45) is 0. The quantitative estimate of drug-likeness (QED) is 0.805. The first-order valence-electron chi connectivity index (χ1n) is 7.66. The first-order valence-corrected chi connectivity index (χ1v) is 12.2. The second kappa shape index (κ2) is 7.00. The normalized spacial score (nSPS) is 23.0. The Labute approximate surface area is 156 Å². The number of benzene rings is 1. The van der Waals surface area contributed by atoms with E-state index in [0.717, 1.165) is 22.5 Å². The predicted octanol–water partition coefficient (Wildman–Crippen LogP) is 2.44. The number of rotatable bonds is 5. The van der Waals surface area contributed by atoms with Gasteiger partial charge in [-0.3, -0.25) is 0 Å². The monoisotopic (exact) mass is 419 g/mol. The second-order valence-corrected chi connectivity index (χ2v) is 12.5. The Bertz CT molecular complexity index is 965. The van der Waals surface area contributed by atoms with E-state index < -0.39 is 31.0 Å². The minimum Gasteiger partial charge on any atom is -0.308 e. The van der Waals surface area contributed by atoms with Gasteiger partial charge in [-0.05, 0) is 24.6 Å². The SMILES string of the molecule is Cc1ccc(CN[C@H]2CS(=O)(=O)C[C@@H]2S(=O)(=O)c2ccc(Cl)s2)cc1. The van der Waals surface area contributed by atoms with Crippen LogP contribution in [0.4, 0.5) is 0 Å². The van der Waals surface area contributed by atoms with E-state index in [-0.39, 0.29) is 15.7 Å². The molecule has 136 valence electrons. The van der Waals surface area contributed by atoms with Crippen LogP contribution in [-0.2, 0) is 26.2 Å². The maximum Gasteiger partial charge on any atom is 0.193 e. The van der Waals surface area contributed by atoms with Gasteiger partial charge in [0.2, 0.25) is 0 Å². The molecule has 9 heteroatoms. The number of hydrogen-bond donors (Lipinski definition) is 1. The Balaban J connectivity index is 1.82. The summed E-state index contributed by atoms with van der Waals surface area (Å²) in [6.45, 7) is 2.40. The zero-order chi connectivity index (χ0) is 18.2. The molecule has 1 fully saturated rings. The molecule has 1 aromatic carbocycles. The van der Waals surface area contributed by atoms with Crippen LogP contribution in [0.25, 0.3) is 0 Å². The number of halogens is 1. The molecule has 1 aliphatic rings. The molecule has 1 aromatic heterocycles. The first kappa shape index (κ1) is 18.8. The van der Waals surface area contributed by atoms with E-state index in [9.17, 15) is 16.8 Å². The molecule has 1 saturated heterocycles. The molecule has 0 bridgehead atoms. The van der Waals surface area contributed by atoms with Gasteiger partial charge >= 0.3 is 0 Å². The van der Waals surface area contributed by atoms with E-state index in [1.54, 1.807) is 0 Å². The van der Waals surface area contributed by atoms with E-state index in [1.807, 2.05) is 31.2 Å². The highest BCUT2D eigenvalue weighted by Gasteiger charge is 2.46. The molecule has 0 saturated carbocycles. The molecular formula is C16H18ClNO4S3. The van der Waals surface area contributed by atoms with Crippen LogP contribution < -0.4 is 5.32 Å². The number of nitrogens with one attached hydrogen (secondary N) is 1. The van der Waals surface area contributed by atoms with Crippen LogP contribution in [0.1, 0.15) is 11.1 Å². The molecular weight excluding hydrogens is 402 g/mol. The predicted molar refractivity (Wildman–Crippen MR) is 101 cm³/mol. The number of sulfone groups is 2. The fourth-order valence-corrected chi connectivity index (χ4v) is 9.29. The van der Waals surface area contributed by atoms with Gasteiger partial charge < -0.3 is 5.32 Å². The fourth-order valence-electron chi connectivity index (χ4n) is 2.87. The molecule has 0 amide bonds. The Morgan fingerprint density at radius 1 is 1.16 bits per heavy atom. The third-order valence-electron chi connectivity index (χ3n) is 4.22. The van der Waals surface area contributed by atoms with E-state index in [0.29, 0.717) is 10.9 Å². The van der Waals surface area contributed by atoms with Gasteiger partial charge in [-0.15, -0.1) is 11.3 Å². The minimum absolute atomic E-state index is 0.113. The Kier molecular flexibility index (Phi) is 5.28. The van der Waals surface area contributed by atoms with Crippen molar-refractivity contribution in [1.29, 1.82) is 0 Å². The van der Waals surface area contributed by atoms with Gasteiger partial charge in [-0.25, -0.2) is 16.8 Å². The molecule has 2 aromatic rings. The summed E-state index contributed by atoms with van der Waals surface area (Å²) in [7, 11) is -7.17. The average Bonchev–Trinajstić information content (AvgIpc) is 3.10. The van der Waals surface area contributed by atoms with Gasteiger partial charge in [0.25, 0.3) is 0 Å². The van der Waals surface area contributed by atoms with Crippen LogP contribution in [-0.4, -0.2) is 39.6 Å². The maximum absolute atomic E-state index is 12.8. The van der Waals surface area contributed by atoms with Gasteiger partial charge in [-0.2, -0.15) is 0 Å². The molecule has 2 heterocycles. The lowest BCUT2D eigenvalue weighted by Crippen LogP contribution is -2.42. The summed E-state index contributed by atoms with van der Waals surface area (Å²) in [5, 5.41) is 2.12. The molecule has 1 N–H and O–H groups in total. The second-order valence-electron chi connectivity index (χ2n) is 6.19. The van der Waals surface area contributed by atoms with Crippen molar-refractivity contribution in [3.8, 4) is 0 Å². The van der Waals surface area contributed by atoms with Gasteiger partial charge in [0.05, 0.1) is 21.1 Å². The lowest BCUT2D eigenvalue weighted by atomic mass is 10.1. The third-order valence-corrected chi connectivity index (χ3v) is 10.1. The van der Waals surface area contributed by atoms with Crippen molar-refractivity contribution in [1.82, 2.24) is 5.32 Å². The third kappa shape index (κ3) is 4.25. The molecule has 5 nitrogen and oxygen atoms in total. The smallest absolute Gasteiger partial charge is 0.193 e. The lowest BCUT2D eigenvalue weighted by molar-refractivity contribution is 0.527. The van der Waals surface area contributed by atoms with Crippen LogP contribution in [0.5, 0.6) is 0 Å². The van der Waals surface area contributed by atoms with E-state index in [1.165, 1.54) is 12.1 Å². The average molecular weight is 420 g/mol. The fraction of sp³-hybridized carbons (Fsp3) is 0.375. The lowest BCUT2D eigenvalue weighted by Gasteiger charge is -2.19. The summed E-state index contributed by atoms with van der Waals surface area (Å²) < 4.78 is 50.3. The molecule has 0 spiro atoms. The van der Waals surface area contributed by atoms with Crippen molar-refractivity contribution in [3.05, 3.63) is 51.9 Å². The number of hydrogen-bond acceptors (Lipinski definition) is 6. The van der Waals surface area contributed by atoms with E-state index >= 15 is 0 Å². The van der Waals surface area contributed by atoms with Crippen molar-refractivity contribution in [2.24, 2.45) is 0 Å². The molecule has 25 heavy (non-hydrogen) atoms. The van der Waals surface area contributed by atoms with E-state index in [4.69, 9.17) is 11.6 Å². The zero-order valence-corrected chi connectivity index (χ0v) is 16.7. The molecule has 3 rings (SSSR count). The van der Waals surface area contributed by atoms with Crippen LogP contribution in [0, 0.1) is 6.92 Å². The van der Waals surface area contributed by atoms with Crippen molar-refractivity contribution in [3.63, 3.8) is 0 Å². The standard InChI is InChI=1S/C16H18ClNO4S3/c1-11-2-4-12(5-3-11)8-18-13-9-24(19,20)10-14(13)25(21,22)16-7-6-15(17)23-16/h2-7,13-14,18H,8-10H2,1H3/t13-,14-/m0/s1. The van der Waals surface area contributed by atoms with Crippen LogP contribution in [0.3, 0.4) is 0 Å². The molecule has 0 unspecified atom stereocenters. The topological polar surface area (TPSA) is 80.3 Å². The number of thiophene rings is 1. The van der Waals surface area contributed by atoms with Crippen molar-refractivity contribution in [2.75, 3.05) is 11.5 Å². The van der Waals surface area contributed by atoms with Gasteiger partial charge in [0, 0.05) is 12.6 Å². The van der Waals surface area contributed by atoms with Crippen LogP contribution in [0.15, 0.2) is 40.6 Å². The Morgan fingerprint density at radius 2 is 1.84 bits per heavy atom. The highest BCUT2D eigenvalue weighted by atomic mass is 35.5. The van der Waals surface area contributed by atoms with Crippen molar-refractivity contribution in [2.45, 2.75) is 29.0 Å². The molecule has 0 aliphatic carbocycles. The number of aryl methyl sites for hydroxylation is 1. The first-order chi connectivity index (χ1) is 11.7. The molecule has 0 radical (unpaired) electrons. The highest BCUT2D eigenvalue weighted by molar-refractivity contribution is 7.97. The molecule has 2 atom stereocenters. The van der Waals surface area contributed by atoms with Crippen LogP contribution in [0.2, 0.25) is 4.34 Å². The van der Waals surface area contributed by atoms with Crippen LogP contribution >= 0.6 is 22.9 Å². The minimum atomic E-state index is -3.76. The van der Waals surface area contributed by atoms with Crippen molar-refractivity contribution >= 4 is 42.6 Å². The maximum atomic E-state index is 12.8. The summed E-state index contributed by atoms with van der Waals surface area (Å²) in [6, 6.07) is 10.1. The molecule has 1 aliphatic heterocycles. The Morgan fingerprint density at radius 3 is 2.44 bits per heavy atom. The summed E-state index contributed by atoms with van der Waals surface area (Å²) in [5.41, 5.74) is 2.10. The van der Waals surface area contributed by atoms with Gasteiger partial charge in [-0.1, -0.05) is 41.4 Å². The van der Waals surface area contributed by atoms with Gasteiger partial charge in [0.1, 0.15) is 4.21 Å². The Hall–Kier alpha value is -0.930. The largest absolute Gasteiger partial charge is 0.308 e. The highest BCUT2D eigenvalue weighted by Crippen LogP contribution is 2.32. The summed E-state index contributed by atoms with van der Waals surface area (Å²) >= 11 is 6.79. The zero-order valence-electron chi connectivity index (χ0n) is 13.5. The summed E-state index contributed by atoms with van der Waals surface area (Å²) in [5.74, 6) is -0.543. The summed E-state index contributed by atoms with van der Waals surface area (Å²) in [4.78, 5) is 0. The van der Waals surface area contributed by atoms with Crippen molar-refractivity contribution < 1.29 is 16.8 Å². The van der Waals surface area contributed by atoms with Gasteiger partial charge in [0.15, 0.2) is 19.7 Å². The van der Waals surface area contributed by atoms with E-state index in [2.05, 4.69) is 5.32 Å².